The van der Waals surface area contributed by atoms with Crippen LogP contribution in [0.5, 0.6) is 17.2 Å². The van der Waals surface area contributed by atoms with E-state index >= 15 is 0 Å². The number of rotatable bonds is 14. The van der Waals surface area contributed by atoms with Gasteiger partial charge in [0.2, 0.25) is 0 Å². The average molecular weight is 406 g/mol. The summed E-state index contributed by atoms with van der Waals surface area (Å²) in [5, 5.41) is 0.965. The number of ether oxygens (including phenoxy) is 5. The zero-order chi connectivity index (χ0) is 20.6. The van der Waals surface area contributed by atoms with Gasteiger partial charge in [0.1, 0.15) is 0 Å². The SMILES string of the molecule is CCOc1ccc2[nH]c(CCCOCC(CC)C3CO3)c(OCC)c2c1OCC. The van der Waals surface area contributed by atoms with E-state index in [1.807, 2.05) is 32.9 Å². The third-order valence-electron chi connectivity index (χ3n) is 5.24. The molecule has 0 saturated carbocycles. The van der Waals surface area contributed by atoms with Gasteiger partial charge in [-0.05, 0) is 52.2 Å². The lowest BCUT2D eigenvalue weighted by atomic mass is 10.0. The molecule has 0 spiro atoms. The Hall–Kier alpha value is -1.92. The summed E-state index contributed by atoms with van der Waals surface area (Å²) < 4.78 is 29.1. The maximum absolute atomic E-state index is 6.04. The van der Waals surface area contributed by atoms with Crippen molar-refractivity contribution >= 4 is 10.9 Å². The van der Waals surface area contributed by atoms with Gasteiger partial charge in [0, 0.05) is 12.5 Å². The largest absolute Gasteiger partial charge is 0.491 e. The second-order valence-electron chi connectivity index (χ2n) is 7.27. The molecule has 29 heavy (non-hydrogen) atoms. The van der Waals surface area contributed by atoms with Crippen molar-refractivity contribution < 1.29 is 23.7 Å². The van der Waals surface area contributed by atoms with Crippen LogP contribution in [0.3, 0.4) is 0 Å². The Morgan fingerprint density at radius 3 is 2.41 bits per heavy atom. The smallest absolute Gasteiger partial charge is 0.174 e. The molecule has 1 fully saturated rings. The van der Waals surface area contributed by atoms with Crippen molar-refractivity contribution in [2.45, 2.75) is 53.1 Å². The maximum Gasteiger partial charge on any atom is 0.174 e. The normalized spacial score (nSPS) is 16.8. The first-order valence-corrected chi connectivity index (χ1v) is 11.0. The van der Waals surface area contributed by atoms with Gasteiger partial charge in [-0.2, -0.15) is 0 Å². The van der Waals surface area contributed by atoms with Crippen molar-refractivity contribution in [3.05, 3.63) is 17.8 Å². The summed E-state index contributed by atoms with van der Waals surface area (Å²) in [5.74, 6) is 2.90. The van der Waals surface area contributed by atoms with Crippen LogP contribution in [-0.4, -0.2) is 50.7 Å². The van der Waals surface area contributed by atoms with Crippen molar-refractivity contribution in [1.29, 1.82) is 0 Å². The molecular weight excluding hydrogens is 370 g/mol. The molecule has 0 bridgehead atoms. The van der Waals surface area contributed by atoms with Crippen LogP contribution in [0.15, 0.2) is 12.1 Å². The highest BCUT2D eigenvalue weighted by Crippen LogP contribution is 2.43. The molecule has 6 nitrogen and oxygen atoms in total. The molecule has 1 aliphatic rings. The summed E-state index contributed by atoms with van der Waals surface area (Å²) in [7, 11) is 0. The molecule has 0 amide bonds. The molecule has 0 radical (unpaired) electrons. The van der Waals surface area contributed by atoms with Crippen LogP contribution in [0.2, 0.25) is 0 Å². The van der Waals surface area contributed by atoms with E-state index in [9.17, 15) is 0 Å². The van der Waals surface area contributed by atoms with Crippen LogP contribution >= 0.6 is 0 Å². The Bertz CT molecular complexity index is 768. The van der Waals surface area contributed by atoms with Crippen molar-refractivity contribution in [2.75, 3.05) is 39.6 Å². The number of nitrogens with one attached hydrogen (secondary N) is 1. The highest BCUT2D eigenvalue weighted by atomic mass is 16.6. The number of benzene rings is 1. The van der Waals surface area contributed by atoms with E-state index in [-0.39, 0.29) is 0 Å². The van der Waals surface area contributed by atoms with E-state index in [1.165, 1.54) is 0 Å². The van der Waals surface area contributed by atoms with E-state index in [2.05, 4.69) is 11.9 Å². The van der Waals surface area contributed by atoms with Crippen molar-refractivity contribution in [1.82, 2.24) is 4.98 Å². The molecule has 2 unspecified atom stereocenters. The van der Waals surface area contributed by atoms with Crippen molar-refractivity contribution in [3.63, 3.8) is 0 Å². The number of epoxide rings is 1. The third-order valence-corrected chi connectivity index (χ3v) is 5.24. The molecule has 1 aromatic heterocycles. The molecule has 162 valence electrons. The third kappa shape index (κ3) is 5.37. The fraction of sp³-hybridized carbons (Fsp3) is 0.652. The highest BCUT2D eigenvalue weighted by molar-refractivity contribution is 5.95. The summed E-state index contributed by atoms with van der Waals surface area (Å²) in [4.78, 5) is 3.52. The van der Waals surface area contributed by atoms with E-state index in [4.69, 9.17) is 23.7 Å². The molecule has 2 aromatic rings. The zero-order valence-corrected chi connectivity index (χ0v) is 18.2. The highest BCUT2D eigenvalue weighted by Gasteiger charge is 2.31. The van der Waals surface area contributed by atoms with Crippen molar-refractivity contribution in [2.24, 2.45) is 5.92 Å². The van der Waals surface area contributed by atoms with Crippen LogP contribution in [0, 0.1) is 5.92 Å². The van der Waals surface area contributed by atoms with Gasteiger partial charge < -0.3 is 28.7 Å². The maximum atomic E-state index is 6.04. The minimum Gasteiger partial charge on any atom is -0.491 e. The lowest BCUT2D eigenvalue weighted by Crippen LogP contribution is -2.15. The Morgan fingerprint density at radius 1 is 1.03 bits per heavy atom. The van der Waals surface area contributed by atoms with Crippen LogP contribution in [0.4, 0.5) is 0 Å². The Labute approximate surface area is 173 Å². The summed E-state index contributed by atoms with van der Waals surface area (Å²) in [6, 6.07) is 3.99. The molecule has 3 rings (SSSR count). The zero-order valence-electron chi connectivity index (χ0n) is 18.2. The van der Waals surface area contributed by atoms with Crippen LogP contribution < -0.4 is 14.2 Å². The minimum absolute atomic E-state index is 0.412. The number of hydrogen-bond donors (Lipinski definition) is 1. The number of fused-ring (bicyclic) bond motifs is 1. The van der Waals surface area contributed by atoms with Gasteiger partial charge in [0.25, 0.3) is 0 Å². The Balaban J connectivity index is 1.71. The summed E-state index contributed by atoms with van der Waals surface area (Å²) in [6.07, 6.45) is 3.30. The van der Waals surface area contributed by atoms with Crippen LogP contribution in [0.1, 0.15) is 46.2 Å². The lowest BCUT2D eigenvalue weighted by molar-refractivity contribution is 0.0847. The quantitative estimate of drug-likeness (QED) is 0.363. The van der Waals surface area contributed by atoms with Gasteiger partial charge in [0.15, 0.2) is 17.2 Å². The molecule has 1 aliphatic heterocycles. The molecule has 1 saturated heterocycles. The predicted molar refractivity (Wildman–Crippen MR) is 114 cm³/mol. The van der Waals surface area contributed by atoms with Gasteiger partial charge in [-0.15, -0.1) is 0 Å². The molecule has 6 heteroatoms. The van der Waals surface area contributed by atoms with Crippen molar-refractivity contribution in [3.8, 4) is 17.2 Å². The van der Waals surface area contributed by atoms with E-state index in [0.717, 1.165) is 72.9 Å². The Morgan fingerprint density at radius 2 is 1.76 bits per heavy atom. The molecular formula is C23H35NO5. The molecule has 2 heterocycles. The van der Waals surface area contributed by atoms with E-state index in [0.29, 0.717) is 31.8 Å². The second kappa shape index (κ2) is 10.7. The number of hydrogen-bond acceptors (Lipinski definition) is 5. The molecule has 0 aliphatic carbocycles. The first-order valence-electron chi connectivity index (χ1n) is 11.0. The minimum atomic E-state index is 0.412. The number of aromatic nitrogens is 1. The predicted octanol–water partition coefficient (Wildman–Crippen LogP) is 4.74. The fourth-order valence-corrected chi connectivity index (χ4v) is 3.70. The molecule has 2 atom stereocenters. The number of aryl methyl sites for hydroxylation is 1. The van der Waals surface area contributed by atoms with Crippen LogP contribution in [-0.2, 0) is 15.9 Å². The van der Waals surface area contributed by atoms with Gasteiger partial charge in [-0.1, -0.05) is 6.92 Å². The summed E-state index contributed by atoms with van der Waals surface area (Å²) in [5.41, 5.74) is 2.09. The van der Waals surface area contributed by atoms with E-state index in [1.54, 1.807) is 0 Å². The summed E-state index contributed by atoms with van der Waals surface area (Å²) in [6.45, 7) is 12.3. The first-order chi connectivity index (χ1) is 14.2. The van der Waals surface area contributed by atoms with Gasteiger partial charge in [-0.25, -0.2) is 0 Å². The average Bonchev–Trinajstić information content (AvgIpc) is 3.50. The summed E-state index contributed by atoms with van der Waals surface area (Å²) >= 11 is 0. The fourth-order valence-electron chi connectivity index (χ4n) is 3.70. The van der Waals surface area contributed by atoms with E-state index < -0.39 is 0 Å². The monoisotopic (exact) mass is 405 g/mol. The topological polar surface area (TPSA) is 65.2 Å². The Kier molecular flexibility index (Phi) is 8.07. The van der Waals surface area contributed by atoms with Gasteiger partial charge >= 0.3 is 0 Å². The standard InChI is InChI=1S/C23H35NO5/c1-5-16(20-15-29-20)14-25-13-9-10-18-22(27-7-3)21-17(24-18)11-12-19(26-6-2)23(21)28-8-4/h11-12,16,20,24H,5-10,13-15H2,1-4H3. The molecule has 1 aromatic carbocycles. The first kappa shape index (κ1) is 21.8. The number of aromatic amines is 1. The van der Waals surface area contributed by atoms with Crippen LogP contribution in [0.25, 0.3) is 10.9 Å². The van der Waals surface area contributed by atoms with Gasteiger partial charge in [-0.3, -0.25) is 0 Å². The molecule has 1 N–H and O–H groups in total. The lowest BCUT2D eigenvalue weighted by Gasteiger charge is -2.14. The van der Waals surface area contributed by atoms with Gasteiger partial charge in [0.05, 0.1) is 55.7 Å². The second-order valence-corrected chi connectivity index (χ2v) is 7.27. The number of H-pyrrole nitrogens is 1.